The van der Waals surface area contributed by atoms with Gasteiger partial charge in [0.1, 0.15) is 6.79 Å². The maximum atomic E-state index is 10.1. The summed E-state index contributed by atoms with van der Waals surface area (Å²) in [5.74, 6) is 0.0787. The van der Waals surface area contributed by atoms with Crippen molar-refractivity contribution in [2.75, 3.05) is 6.54 Å². The van der Waals surface area contributed by atoms with Gasteiger partial charge in [0, 0.05) is 6.54 Å². The van der Waals surface area contributed by atoms with Crippen molar-refractivity contribution < 1.29 is 9.90 Å². The predicted molar refractivity (Wildman–Crippen MR) is 34.4 cm³/mol. The van der Waals surface area contributed by atoms with Crippen LogP contribution in [0.5, 0.6) is 0 Å². The molecule has 0 spiro atoms. The van der Waals surface area contributed by atoms with Gasteiger partial charge in [-0.1, -0.05) is 0 Å². The van der Waals surface area contributed by atoms with Crippen molar-refractivity contribution in [1.29, 1.82) is 0 Å². The largest absolute Gasteiger partial charge is 2.00 e. The van der Waals surface area contributed by atoms with Gasteiger partial charge in [0.15, 0.2) is 0 Å². The first-order valence-corrected chi connectivity index (χ1v) is 2.39. The van der Waals surface area contributed by atoms with Gasteiger partial charge in [-0.05, 0) is 18.7 Å². The van der Waals surface area contributed by atoms with Crippen LogP contribution in [0.1, 0.15) is 12.8 Å². The number of carbonyl (C=O) groups excluding carboxylic acids is 1. The molecule has 9 heavy (non-hydrogen) atoms. The summed E-state index contributed by atoms with van der Waals surface area (Å²) in [6.45, 7) is 2.76. The van der Waals surface area contributed by atoms with Crippen molar-refractivity contribution in [3.8, 4) is 0 Å². The zero-order valence-electron chi connectivity index (χ0n) is 5.30. The maximum Gasteiger partial charge on any atom is 2.00 e. The smallest absolute Gasteiger partial charge is 0.862 e. The van der Waals surface area contributed by atoms with Gasteiger partial charge in [0.2, 0.25) is 0 Å². The summed E-state index contributed by atoms with van der Waals surface area (Å²) in [7, 11) is 0. The first kappa shape index (κ1) is 12.1. The molecule has 0 bridgehead atoms. The molecule has 3 nitrogen and oxygen atoms in total. The van der Waals surface area contributed by atoms with Crippen LogP contribution in [0.25, 0.3) is 0 Å². The third-order valence-corrected chi connectivity index (χ3v) is 0.837. The van der Waals surface area contributed by atoms with Crippen LogP contribution in [0.4, 0.5) is 0 Å². The normalized spacial score (nSPS) is 14.4. The molecule has 0 radical (unpaired) electrons. The number of aliphatic imine (C=N–C) groups is 1. The summed E-state index contributed by atoms with van der Waals surface area (Å²) in [5, 5.41) is 10.1. The van der Waals surface area contributed by atoms with Crippen LogP contribution in [0.15, 0.2) is 4.99 Å². The Hall–Kier alpha value is 0.400. The molecule has 46 valence electrons. The molecule has 0 atom stereocenters. The minimum atomic E-state index is 0. The van der Waals surface area contributed by atoms with E-state index in [1.807, 2.05) is 6.79 Å². The molecule has 0 unspecified atom stereocenters. The standard InChI is InChI=1S/C4H7NO.CH2O.Ca/c6-4-2-1-3-5-4;1-2;/h1-3H2,(H,5,6);1H2;/q;;+2/p-1. The van der Waals surface area contributed by atoms with Crippen LogP contribution in [-0.2, 0) is 4.79 Å². The molecular formula is C5H8CaNO2+. The zero-order chi connectivity index (χ0) is 6.41. The van der Waals surface area contributed by atoms with E-state index in [0.29, 0.717) is 6.42 Å². The summed E-state index contributed by atoms with van der Waals surface area (Å²) in [6, 6.07) is 0. The van der Waals surface area contributed by atoms with Gasteiger partial charge in [-0.2, -0.15) is 0 Å². The fraction of sp³-hybridized carbons (Fsp3) is 0.600. The molecule has 0 aliphatic carbocycles. The summed E-state index contributed by atoms with van der Waals surface area (Å²) in [5.41, 5.74) is 0. The van der Waals surface area contributed by atoms with E-state index in [9.17, 15) is 5.11 Å². The third kappa shape index (κ3) is 6.28. The molecule has 1 rings (SSSR count). The minimum Gasteiger partial charge on any atom is -0.862 e. The number of rotatable bonds is 0. The molecule has 4 heteroatoms. The van der Waals surface area contributed by atoms with E-state index >= 15 is 0 Å². The Morgan fingerprint density at radius 1 is 1.56 bits per heavy atom. The van der Waals surface area contributed by atoms with E-state index in [2.05, 4.69) is 4.99 Å². The zero-order valence-corrected chi connectivity index (χ0v) is 7.51. The molecule has 0 saturated carbocycles. The molecule has 1 aliphatic heterocycles. The fourth-order valence-electron chi connectivity index (χ4n) is 0.513. The molecule has 1 aliphatic rings. The van der Waals surface area contributed by atoms with Crippen molar-refractivity contribution in [1.82, 2.24) is 0 Å². The molecule has 0 aromatic carbocycles. The first-order valence-electron chi connectivity index (χ1n) is 2.39. The van der Waals surface area contributed by atoms with Gasteiger partial charge in [0.25, 0.3) is 0 Å². The topological polar surface area (TPSA) is 52.5 Å². The van der Waals surface area contributed by atoms with Crippen molar-refractivity contribution in [2.45, 2.75) is 12.8 Å². The van der Waals surface area contributed by atoms with Crippen LogP contribution in [0.2, 0.25) is 0 Å². The Morgan fingerprint density at radius 3 is 2.22 bits per heavy atom. The van der Waals surface area contributed by atoms with Gasteiger partial charge in [-0.3, -0.25) is 0 Å². The SMILES string of the molecule is C=O.[Ca+2].[O-]C1=NCCC1. The monoisotopic (exact) mass is 154 g/mol. The molecule has 0 amide bonds. The summed E-state index contributed by atoms with van der Waals surface area (Å²) in [6.07, 6.45) is 1.65. The number of hydrogen-bond donors (Lipinski definition) is 0. The van der Waals surface area contributed by atoms with E-state index < -0.39 is 0 Å². The van der Waals surface area contributed by atoms with E-state index in [4.69, 9.17) is 4.79 Å². The van der Waals surface area contributed by atoms with Gasteiger partial charge >= 0.3 is 37.7 Å². The molecule has 0 fully saturated rings. The molecule has 1 heterocycles. The van der Waals surface area contributed by atoms with E-state index in [1.54, 1.807) is 0 Å². The summed E-state index contributed by atoms with van der Waals surface area (Å²) < 4.78 is 0. The maximum absolute atomic E-state index is 10.1. The Labute approximate surface area is 84.2 Å². The van der Waals surface area contributed by atoms with Crippen LogP contribution in [-0.4, -0.2) is 57.0 Å². The molecule has 0 saturated heterocycles. The van der Waals surface area contributed by atoms with Gasteiger partial charge < -0.3 is 14.9 Å². The fourth-order valence-corrected chi connectivity index (χ4v) is 0.513. The second-order valence-electron chi connectivity index (χ2n) is 1.38. The second kappa shape index (κ2) is 8.40. The number of carbonyl (C=O) groups is 1. The van der Waals surface area contributed by atoms with Gasteiger partial charge in [0.05, 0.1) is 0 Å². The van der Waals surface area contributed by atoms with Crippen LogP contribution in [0, 0.1) is 0 Å². The average Bonchev–Trinajstić information content (AvgIpc) is 2.24. The summed E-state index contributed by atoms with van der Waals surface area (Å²) >= 11 is 0. The third-order valence-electron chi connectivity index (χ3n) is 0.837. The Balaban J connectivity index is 0. The van der Waals surface area contributed by atoms with Crippen molar-refractivity contribution in [3.63, 3.8) is 0 Å². The number of hydrogen-bond acceptors (Lipinski definition) is 3. The Bertz CT molecular complexity index is 95.0. The summed E-state index contributed by atoms with van der Waals surface area (Å²) in [4.78, 5) is 11.6. The molecule has 0 aromatic heterocycles. The van der Waals surface area contributed by atoms with E-state index in [-0.39, 0.29) is 43.6 Å². The molecule has 0 aromatic rings. The predicted octanol–water partition coefficient (Wildman–Crippen LogP) is -1.03. The minimum absolute atomic E-state index is 0. The van der Waals surface area contributed by atoms with Crippen LogP contribution < -0.4 is 5.11 Å². The molecular weight excluding hydrogens is 146 g/mol. The first-order chi connectivity index (χ1) is 3.89. The van der Waals surface area contributed by atoms with Crippen LogP contribution in [0.3, 0.4) is 0 Å². The Morgan fingerprint density at radius 2 is 2.11 bits per heavy atom. The van der Waals surface area contributed by atoms with Crippen molar-refractivity contribution in [2.24, 2.45) is 4.99 Å². The van der Waals surface area contributed by atoms with Crippen LogP contribution >= 0.6 is 0 Å². The second-order valence-corrected chi connectivity index (χ2v) is 1.38. The van der Waals surface area contributed by atoms with Gasteiger partial charge in [-0.15, -0.1) is 0 Å². The molecule has 0 N–H and O–H groups in total. The Kier molecular flexibility index (Phi) is 11.3. The van der Waals surface area contributed by atoms with Crippen molar-refractivity contribution in [3.05, 3.63) is 0 Å². The average molecular weight is 154 g/mol. The van der Waals surface area contributed by atoms with E-state index in [1.165, 1.54) is 0 Å². The number of nitrogens with zero attached hydrogens (tertiary/aromatic N) is 1. The van der Waals surface area contributed by atoms with Gasteiger partial charge in [-0.25, -0.2) is 0 Å². The quantitative estimate of drug-likeness (QED) is 0.419. The van der Waals surface area contributed by atoms with E-state index in [0.717, 1.165) is 13.0 Å². The van der Waals surface area contributed by atoms with Crippen molar-refractivity contribution >= 4 is 50.4 Å².